The molecule has 0 unspecified atom stereocenters. The summed E-state index contributed by atoms with van der Waals surface area (Å²) < 4.78 is 24.6. The summed E-state index contributed by atoms with van der Waals surface area (Å²) in [5, 5.41) is 0. The molecule has 0 aromatic heterocycles. The van der Waals surface area contributed by atoms with Gasteiger partial charge in [0.1, 0.15) is 0 Å². The molecule has 1 aliphatic heterocycles. The first-order valence-electron chi connectivity index (χ1n) is 5.81. The average Bonchev–Trinajstić information content (AvgIpc) is 1.94. The summed E-state index contributed by atoms with van der Waals surface area (Å²) in [5.74, 6) is 0. The van der Waals surface area contributed by atoms with Gasteiger partial charge in [0.25, 0.3) is 0 Å². The van der Waals surface area contributed by atoms with Crippen molar-refractivity contribution >= 4 is 35.0 Å². The normalized spacial score (nSPS) is 29.4. The largest absolute Gasteiger partial charge is 0.418 e. The van der Waals surface area contributed by atoms with Crippen LogP contribution in [0.1, 0.15) is 6.92 Å². The lowest BCUT2D eigenvalue weighted by Crippen LogP contribution is -2.60. The standard InChI is InChI=1S/C8H24O4Si4/c1-8-13-9-14(2,3)11-16(6,7)12-15(4,5)10-13/h13H,8H2,1-7H3. The van der Waals surface area contributed by atoms with Crippen molar-refractivity contribution in [3.63, 3.8) is 0 Å². The van der Waals surface area contributed by atoms with Crippen molar-refractivity contribution in [2.75, 3.05) is 0 Å². The molecule has 0 aromatic carbocycles. The molecular formula is C8H24O4Si4. The van der Waals surface area contributed by atoms with Crippen LogP contribution in [0.4, 0.5) is 0 Å². The molecule has 0 aliphatic carbocycles. The highest BCUT2D eigenvalue weighted by Gasteiger charge is 2.46. The summed E-state index contributed by atoms with van der Waals surface area (Å²) in [4.78, 5) is 0. The molecule has 96 valence electrons. The third-order valence-corrected chi connectivity index (χ3v) is 17.3. The van der Waals surface area contributed by atoms with Gasteiger partial charge in [0, 0.05) is 0 Å². The molecule has 0 N–H and O–H groups in total. The summed E-state index contributed by atoms with van der Waals surface area (Å²) in [5.41, 5.74) is 0. The van der Waals surface area contributed by atoms with Crippen LogP contribution in [0.3, 0.4) is 0 Å². The van der Waals surface area contributed by atoms with Crippen molar-refractivity contribution < 1.29 is 16.5 Å². The van der Waals surface area contributed by atoms with E-state index in [0.29, 0.717) is 0 Å². The molecule has 8 heteroatoms. The fourth-order valence-corrected chi connectivity index (χ4v) is 20.4. The number of rotatable bonds is 1. The first-order valence-corrected chi connectivity index (χ1v) is 16.0. The van der Waals surface area contributed by atoms with Gasteiger partial charge in [0.15, 0.2) is 0 Å². The molecule has 1 saturated heterocycles. The van der Waals surface area contributed by atoms with Crippen LogP contribution in [0, 0.1) is 0 Å². The van der Waals surface area contributed by atoms with E-state index >= 15 is 0 Å². The smallest absolute Gasteiger partial charge is 0.314 e. The van der Waals surface area contributed by atoms with Gasteiger partial charge in [-0.1, -0.05) is 6.92 Å². The maximum Gasteiger partial charge on any atom is 0.314 e. The minimum absolute atomic E-state index is 0.974. The Bertz CT molecular complexity index is 234. The van der Waals surface area contributed by atoms with E-state index in [2.05, 4.69) is 46.2 Å². The second kappa shape index (κ2) is 4.76. The maximum absolute atomic E-state index is 6.16. The molecule has 0 amide bonds. The second-order valence-electron chi connectivity index (χ2n) is 5.48. The Morgan fingerprint density at radius 2 is 1.12 bits per heavy atom. The highest BCUT2D eigenvalue weighted by atomic mass is 28.5. The van der Waals surface area contributed by atoms with Crippen LogP contribution < -0.4 is 0 Å². The van der Waals surface area contributed by atoms with Gasteiger partial charge in [0.05, 0.1) is 0 Å². The molecule has 0 atom stereocenters. The van der Waals surface area contributed by atoms with E-state index in [1.807, 2.05) is 0 Å². The third-order valence-electron chi connectivity index (χ3n) is 2.15. The topological polar surface area (TPSA) is 36.9 Å². The molecule has 1 heterocycles. The van der Waals surface area contributed by atoms with E-state index in [1.54, 1.807) is 0 Å². The SMILES string of the molecule is CC[SiH]1O[Si](C)(C)O[Si](C)(C)O[Si](C)(C)O1. The van der Waals surface area contributed by atoms with Gasteiger partial charge in [0.2, 0.25) is 0 Å². The lowest BCUT2D eigenvalue weighted by molar-refractivity contribution is 0.249. The van der Waals surface area contributed by atoms with Gasteiger partial charge in [-0.2, -0.15) is 0 Å². The van der Waals surface area contributed by atoms with Gasteiger partial charge in [-0.05, 0) is 45.3 Å². The molecule has 0 radical (unpaired) electrons. The van der Waals surface area contributed by atoms with E-state index in [-0.39, 0.29) is 0 Å². The molecule has 0 saturated carbocycles. The molecule has 0 spiro atoms. The van der Waals surface area contributed by atoms with Crippen molar-refractivity contribution in [2.24, 2.45) is 0 Å². The van der Waals surface area contributed by atoms with Gasteiger partial charge in [-0.25, -0.2) is 0 Å². The van der Waals surface area contributed by atoms with Crippen LogP contribution in [0.2, 0.25) is 45.3 Å². The molecular weight excluding hydrogens is 272 g/mol. The highest BCUT2D eigenvalue weighted by Crippen LogP contribution is 2.27. The van der Waals surface area contributed by atoms with E-state index in [4.69, 9.17) is 16.5 Å². The molecule has 4 nitrogen and oxygen atoms in total. The van der Waals surface area contributed by atoms with Gasteiger partial charge >= 0.3 is 35.0 Å². The second-order valence-corrected chi connectivity index (χ2v) is 19.1. The predicted molar refractivity (Wildman–Crippen MR) is 74.4 cm³/mol. The van der Waals surface area contributed by atoms with Crippen molar-refractivity contribution in [3.05, 3.63) is 0 Å². The van der Waals surface area contributed by atoms with Gasteiger partial charge in [-0.15, -0.1) is 0 Å². The predicted octanol–water partition coefficient (Wildman–Crippen LogP) is 2.41. The molecule has 1 rings (SSSR count). The summed E-state index contributed by atoms with van der Waals surface area (Å²) in [6.45, 7) is 14.6. The molecule has 0 bridgehead atoms. The zero-order chi connectivity index (χ0) is 12.6. The number of hydrogen-bond acceptors (Lipinski definition) is 4. The van der Waals surface area contributed by atoms with E-state index < -0.39 is 35.0 Å². The summed E-state index contributed by atoms with van der Waals surface area (Å²) in [6, 6.07) is 0.974. The minimum Gasteiger partial charge on any atom is -0.418 e. The maximum atomic E-state index is 6.16. The quantitative estimate of drug-likeness (QED) is 0.696. The Morgan fingerprint density at radius 3 is 1.44 bits per heavy atom. The average molecular weight is 297 g/mol. The van der Waals surface area contributed by atoms with Crippen molar-refractivity contribution in [2.45, 2.75) is 52.2 Å². The van der Waals surface area contributed by atoms with Crippen LogP contribution in [-0.4, -0.2) is 35.0 Å². The Morgan fingerprint density at radius 1 is 0.750 bits per heavy atom. The van der Waals surface area contributed by atoms with E-state index in [9.17, 15) is 0 Å². The van der Waals surface area contributed by atoms with Gasteiger partial charge < -0.3 is 16.5 Å². The fraction of sp³-hybridized carbons (Fsp3) is 1.00. The Kier molecular flexibility index (Phi) is 4.40. The van der Waals surface area contributed by atoms with Crippen LogP contribution in [0.15, 0.2) is 0 Å². The van der Waals surface area contributed by atoms with Crippen molar-refractivity contribution in [1.29, 1.82) is 0 Å². The summed E-state index contributed by atoms with van der Waals surface area (Å²) in [6.07, 6.45) is 0. The van der Waals surface area contributed by atoms with Crippen molar-refractivity contribution in [1.82, 2.24) is 0 Å². The van der Waals surface area contributed by atoms with E-state index in [0.717, 1.165) is 6.04 Å². The minimum atomic E-state index is -2.09. The lowest BCUT2D eigenvalue weighted by Gasteiger charge is -2.43. The summed E-state index contributed by atoms with van der Waals surface area (Å²) in [7, 11) is -7.80. The first-order chi connectivity index (χ1) is 7.05. The number of hydrogen-bond donors (Lipinski definition) is 0. The Balaban J connectivity index is 2.88. The third kappa shape index (κ3) is 4.53. The first kappa shape index (κ1) is 14.8. The molecule has 0 aromatic rings. The highest BCUT2D eigenvalue weighted by molar-refractivity contribution is 6.89. The van der Waals surface area contributed by atoms with Crippen LogP contribution in [0.25, 0.3) is 0 Å². The Labute approximate surface area is 104 Å². The molecule has 1 fully saturated rings. The Hall–Kier alpha value is 0.708. The van der Waals surface area contributed by atoms with Crippen LogP contribution >= 0.6 is 0 Å². The van der Waals surface area contributed by atoms with Crippen LogP contribution in [0.5, 0.6) is 0 Å². The fourth-order valence-electron chi connectivity index (χ4n) is 2.08. The lowest BCUT2D eigenvalue weighted by atomic mass is 11.0. The van der Waals surface area contributed by atoms with Crippen LogP contribution in [-0.2, 0) is 16.5 Å². The molecule has 1 aliphatic rings. The monoisotopic (exact) mass is 296 g/mol. The molecule has 16 heavy (non-hydrogen) atoms. The summed E-state index contributed by atoms with van der Waals surface area (Å²) >= 11 is 0. The van der Waals surface area contributed by atoms with Gasteiger partial charge in [-0.3, -0.25) is 0 Å². The zero-order valence-corrected chi connectivity index (χ0v) is 15.6. The zero-order valence-electron chi connectivity index (χ0n) is 11.4. The van der Waals surface area contributed by atoms with E-state index in [1.165, 1.54) is 0 Å². The van der Waals surface area contributed by atoms with Crippen molar-refractivity contribution in [3.8, 4) is 0 Å².